The first kappa shape index (κ1) is 59.3. The van der Waals surface area contributed by atoms with Crippen LogP contribution in [0.5, 0.6) is 0 Å². The third-order valence-electron chi connectivity index (χ3n) is 9.93. The average molecular weight is 1030 g/mol. The van der Waals surface area contributed by atoms with Crippen molar-refractivity contribution in [2.75, 3.05) is 62.9 Å². The molecular weight excluding hydrogens is 963 g/mol. The standard InChI is InChI=1S/C41H65N13O12S3/c1-66-15-14-45-35(60)30-21-69-22-32(56)48-25(10-5-6-12-42)36(61)52-28(19-67)39(64)50-24(11-7-13-46-41(43)44)34(59)47-18-31(55)49-27(17-33(57)58)38(63)53-29(20-68)40(65)51-26(37(62)54-30)16-23-8-3-2-4-9-23/h2-4,8-9,24-30,67-68H,5-7,10-22,42H2,1H3,(H,45,60)(H,47,59)(H,48,56)(H,49,55)(H,50,64)(H,51,65)(H,52,61)(H,53,63)(H,54,62)(H,57,58)(H4,43,44,46)/t24-,25-,26-,27-,28-,29-,30-/m0/s1. The second-order valence-corrected chi connectivity index (χ2v) is 17.2. The summed E-state index contributed by atoms with van der Waals surface area (Å²) in [5.41, 5.74) is 17.1. The van der Waals surface area contributed by atoms with Gasteiger partial charge in [-0.15, -0.1) is 11.8 Å². The Balaban J connectivity index is 2.61. The number of hydrogen-bond acceptors (Lipinski definition) is 16. The Kier molecular flexibility index (Phi) is 28.2. The number of amides is 9. The van der Waals surface area contributed by atoms with Gasteiger partial charge in [0.15, 0.2) is 5.96 Å². The topological polar surface area (TPSA) is 399 Å². The van der Waals surface area contributed by atoms with Crippen LogP contribution in [0.25, 0.3) is 0 Å². The molecule has 1 aromatic rings. The Hall–Kier alpha value is -5.84. The maximum absolute atomic E-state index is 14.1. The molecule has 7 atom stereocenters. The highest BCUT2D eigenvalue weighted by Crippen LogP contribution is 2.10. The van der Waals surface area contributed by atoms with Crippen LogP contribution in [0.15, 0.2) is 35.3 Å². The minimum absolute atomic E-state index is 0.0394. The van der Waals surface area contributed by atoms with Gasteiger partial charge in [0.2, 0.25) is 53.2 Å². The van der Waals surface area contributed by atoms with Gasteiger partial charge in [0.1, 0.15) is 42.3 Å². The van der Waals surface area contributed by atoms with Gasteiger partial charge in [-0.3, -0.25) is 52.9 Å². The van der Waals surface area contributed by atoms with Crippen LogP contribution in [-0.4, -0.2) is 175 Å². The molecule has 0 saturated carbocycles. The average Bonchev–Trinajstić information content (AvgIpc) is 3.31. The molecule has 28 heteroatoms. The Bertz CT molecular complexity index is 1930. The first-order valence-electron chi connectivity index (χ1n) is 21.9. The maximum atomic E-state index is 14.1. The second kappa shape index (κ2) is 32.8. The number of methoxy groups -OCH3 is 1. The Morgan fingerprint density at radius 1 is 0.739 bits per heavy atom. The van der Waals surface area contributed by atoms with E-state index >= 15 is 0 Å². The highest BCUT2D eigenvalue weighted by atomic mass is 32.2. The summed E-state index contributed by atoms with van der Waals surface area (Å²) in [5.74, 6) is -10.6. The Morgan fingerprint density at radius 2 is 1.29 bits per heavy atom. The van der Waals surface area contributed by atoms with Crippen molar-refractivity contribution in [3.63, 3.8) is 0 Å². The van der Waals surface area contributed by atoms with Crippen LogP contribution in [0.2, 0.25) is 0 Å². The number of thiol groups is 2. The first-order chi connectivity index (χ1) is 32.9. The lowest BCUT2D eigenvalue weighted by molar-refractivity contribution is -0.141. The Morgan fingerprint density at radius 3 is 1.88 bits per heavy atom. The summed E-state index contributed by atoms with van der Waals surface area (Å²) >= 11 is 9.36. The van der Waals surface area contributed by atoms with Crippen molar-refractivity contribution in [1.82, 2.24) is 47.9 Å². The lowest BCUT2D eigenvalue weighted by Crippen LogP contribution is -2.60. The van der Waals surface area contributed by atoms with Crippen LogP contribution < -0.4 is 65.1 Å². The molecule has 1 fully saturated rings. The van der Waals surface area contributed by atoms with Crippen LogP contribution >= 0.6 is 37.0 Å². The van der Waals surface area contributed by atoms with E-state index in [0.717, 1.165) is 11.8 Å². The number of aliphatic imine (C=N–C) groups is 1. The van der Waals surface area contributed by atoms with E-state index < -0.39 is 114 Å². The normalized spacial score (nSPS) is 23.2. The fourth-order valence-corrected chi connectivity index (χ4v) is 7.72. The molecule has 0 aromatic heterocycles. The van der Waals surface area contributed by atoms with Crippen molar-refractivity contribution >= 4 is 102 Å². The lowest BCUT2D eigenvalue weighted by atomic mass is 10.0. The molecule has 1 heterocycles. The molecule has 1 aromatic carbocycles. The summed E-state index contributed by atoms with van der Waals surface area (Å²) in [6.45, 7) is -0.311. The summed E-state index contributed by atoms with van der Waals surface area (Å²) in [7, 11) is 1.42. The zero-order valence-corrected chi connectivity index (χ0v) is 40.8. The summed E-state index contributed by atoms with van der Waals surface area (Å²) in [6, 6.07) is -1.36. The molecule has 0 radical (unpaired) electrons. The van der Waals surface area contributed by atoms with E-state index in [1.165, 1.54) is 7.11 Å². The summed E-state index contributed by atoms with van der Waals surface area (Å²) in [6.07, 6.45) is -0.0142. The number of carboxylic acids is 1. The van der Waals surface area contributed by atoms with Gasteiger partial charge in [0.05, 0.1) is 25.3 Å². The third-order valence-corrected chi connectivity index (χ3v) is 11.7. The van der Waals surface area contributed by atoms with Crippen molar-refractivity contribution in [2.45, 2.75) is 87.2 Å². The van der Waals surface area contributed by atoms with Crippen molar-refractivity contribution in [3.05, 3.63) is 35.9 Å². The summed E-state index contributed by atoms with van der Waals surface area (Å²) < 4.78 is 5.03. The zero-order valence-electron chi connectivity index (χ0n) is 38.2. The van der Waals surface area contributed by atoms with Crippen molar-refractivity contribution in [1.29, 1.82) is 0 Å². The molecule has 25 nitrogen and oxygen atoms in total. The number of thioether (sulfide) groups is 1. The molecule has 384 valence electrons. The van der Waals surface area contributed by atoms with Gasteiger partial charge in [-0.2, -0.15) is 25.3 Å². The molecule has 1 aliphatic rings. The fourth-order valence-electron chi connectivity index (χ4n) is 6.35. The summed E-state index contributed by atoms with van der Waals surface area (Å²) in [5, 5.41) is 32.1. The molecule has 16 N–H and O–H groups in total. The molecule has 0 spiro atoms. The monoisotopic (exact) mass is 1030 g/mol. The van der Waals surface area contributed by atoms with E-state index in [1.54, 1.807) is 30.3 Å². The van der Waals surface area contributed by atoms with E-state index in [0.29, 0.717) is 18.4 Å². The number of nitrogens with two attached hydrogens (primary N) is 3. The van der Waals surface area contributed by atoms with E-state index in [1.807, 2.05) is 0 Å². The molecule has 1 aliphatic heterocycles. The molecule has 1 saturated heterocycles. The predicted octanol–water partition coefficient (Wildman–Crippen LogP) is -5.23. The number of ether oxygens (including phenoxy) is 1. The van der Waals surface area contributed by atoms with Gasteiger partial charge in [0, 0.05) is 43.9 Å². The van der Waals surface area contributed by atoms with Crippen LogP contribution in [0.4, 0.5) is 0 Å². The largest absolute Gasteiger partial charge is 0.481 e. The molecule has 9 amide bonds. The van der Waals surface area contributed by atoms with Crippen molar-refractivity contribution in [2.24, 2.45) is 22.2 Å². The number of guanidine groups is 1. The van der Waals surface area contributed by atoms with Gasteiger partial charge < -0.3 is 74.9 Å². The smallest absolute Gasteiger partial charge is 0.305 e. The van der Waals surface area contributed by atoms with E-state index in [-0.39, 0.29) is 80.9 Å². The molecule has 69 heavy (non-hydrogen) atoms. The number of aliphatic carboxylic acids is 1. The number of carbonyl (C=O) groups is 10. The predicted molar refractivity (Wildman–Crippen MR) is 262 cm³/mol. The van der Waals surface area contributed by atoms with Gasteiger partial charge in [-0.1, -0.05) is 30.3 Å². The number of hydrogen-bond donors (Lipinski definition) is 15. The van der Waals surface area contributed by atoms with Gasteiger partial charge in [-0.25, -0.2) is 0 Å². The van der Waals surface area contributed by atoms with E-state index in [2.05, 4.69) is 78.1 Å². The van der Waals surface area contributed by atoms with Crippen LogP contribution in [0.1, 0.15) is 44.1 Å². The van der Waals surface area contributed by atoms with Gasteiger partial charge in [-0.05, 0) is 44.2 Å². The van der Waals surface area contributed by atoms with E-state index in [4.69, 9.17) is 21.9 Å². The van der Waals surface area contributed by atoms with Crippen molar-refractivity contribution in [3.8, 4) is 0 Å². The Labute approximate surface area is 414 Å². The van der Waals surface area contributed by atoms with Gasteiger partial charge >= 0.3 is 5.97 Å². The molecule has 0 unspecified atom stereocenters. The SMILES string of the molecule is COCCNC(=O)[C@@H]1CSCC(=O)N[C@@H](CCCCN)C(=O)N[C@@H](CS)C(=O)N[C@@H](CCCN=C(N)N)C(=O)NCC(=O)N[C@@H](CC(=O)O)C(=O)N[C@@H](CS)C(=O)N[C@@H](Cc2ccccc2)C(=O)N1. The molecule has 0 aliphatic carbocycles. The molecular formula is C41H65N13O12S3. The van der Waals surface area contributed by atoms with Crippen LogP contribution in [0, 0.1) is 0 Å². The number of carboxylic acid groups (broad SMARTS) is 1. The number of unbranched alkanes of at least 4 members (excludes halogenated alkanes) is 1. The van der Waals surface area contributed by atoms with E-state index in [9.17, 15) is 53.1 Å². The van der Waals surface area contributed by atoms with Crippen LogP contribution in [-0.2, 0) is 59.1 Å². The number of carbonyl (C=O) groups excluding carboxylic acids is 9. The minimum atomic E-state index is -1.79. The van der Waals surface area contributed by atoms with Crippen molar-refractivity contribution < 1.29 is 57.8 Å². The first-order valence-corrected chi connectivity index (χ1v) is 24.3. The molecule has 2 rings (SSSR count). The van der Waals surface area contributed by atoms with Crippen LogP contribution in [0.3, 0.4) is 0 Å². The maximum Gasteiger partial charge on any atom is 0.305 e. The quantitative estimate of drug-likeness (QED) is 0.0283. The highest BCUT2D eigenvalue weighted by molar-refractivity contribution is 8.00. The summed E-state index contributed by atoms with van der Waals surface area (Å²) in [4.78, 5) is 138. The number of nitrogens with one attached hydrogen (secondary N) is 9. The molecule has 0 bridgehead atoms. The zero-order chi connectivity index (χ0) is 51.3. The third kappa shape index (κ3) is 23.3. The number of nitrogens with zero attached hydrogens (tertiary/aromatic N) is 1. The minimum Gasteiger partial charge on any atom is -0.481 e. The second-order valence-electron chi connectivity index (χ2n) is 15.4. The fraction of sp³-hybridized carbons (Fsp3) is 0.585. The van der Waals surface area contributed by atoms with Gasteiger partial charge in [0.25, 0.3) is 0 Å². The highest BCUT2D eigenvalue weighted by Gasteiger charge is 2.34. The lowest BCUT2D eigenvalue weighted by Gasteiger charge is -2.26. The number of benzene rings is 1. The number of rotatable bonds is 18.